The predicted octanol–water partition coefficient (Wildman–Crippen LogP) is 1.13. The molecule has 1 aromatic rings. The number of carbonyl (C=O) groups is 1. The Labute approximate surface area is 74.6 Å². The van der Waals surface area contributed by atoms with Gasteiger partial charge in [-0.05, 0) is 18.4 Å². The van der Waals surface area contributed by atoms with Crippen molar-refractivity contribution in [2.75, 3.05) is 7.11 Å². The summed E-state index contributed by atoms with van der Waals surface area (Å²) >= 11 is 1.32. The van der Waals surface area contributed by atoms with E-state index in [0.29, 0.717) is 4.88 Å². The van der Waals surface area contributed by atoms with Crippen molar-refractivity contribution in [3.05, 3.63) is 22.4 Å². The molecule has 0 amide bonds. The van der Waals surface area contributed by atoms with Crippen molar-refractivity contribution in [1.29, 1.82) is 0 Å². The summed E-state index contributed by atoms with van der Waals surface area (Å²) < 4.78 is 4.46. The molecule has 0 fully saturated rings. The molecular formula is C8H10O3S. The zero-order chi connectivity index (χ0) is 9.19. The van der Waals surface area contributed by atoms with E-state index < -0.39 is 11.6 Å². The summed E-state index contributed by atoms with van der Waals surface area (Å²) in [4.78, 5) is 11.7. The molecule has 0 saturated heterocycles. The van der Waals surface area contributed by atoms with Gasteiger partial charge in [-0.3, -0.25) is 0 Å². The molecule has 0 radical (unpaired) electrons. The standard InChI is InChI=1S/C8H10O3S/c1-8(10,7(9)11-2)6-4-3-5-12-6/h3-5,10H,1-2H3. The van der Waals surface area contributed by atoms with Crippen LogP contribution in [0.1, 0.15) is 11.8 Å². The van der Waals surface area contributed by atoms with E-state index in [0.717, 1.165) is 0 Å². The third-order valence-electron chi connectivity index (χ3n) is 1.58. The van der Waals surface area contributed by atoms with Gasteiger partial charge in [0.2, 0.25) is 0 Å². The average Bonchev–Trinajstić information content (AvgIpc) is 2.55. The molecule has 1 rings (SSSR count). The molecule has 4 heteroatoms. The number of methoxy groups -OCH3 is 1. The Bertz CT molecular complexity index is 264. The molecule has 1 heterocycles. The highest BCUT2D eigenvalue weighted by Gasteiger charge is 2.34. The monoisotopic (exact) mass is 186 g/mol. The summed E-state index contributed by atoms with van der Waals surface area (Å²) in [6.07, 6.45) is 0. The van der Waals surface area contributed by atoms with Crippen LogP contribution in [0.5, 0.6) is 0 Å². The molecule has 0 aliphatic heterocycles. The lowest BCUT2D eigenvalue weighted by Gasteiger charge is -2.17. The van der Waals surface area contributed by atoms with Crippen molar-refractivity contribution >= 4 is 17.3 Å². The highest BCUT2D eigenvalue weighted by molar-refractivity contribution is 7.10. The van der Waals surface area contributed by atoms with Crippen molar-refractivity contribution in [1.82, 2.24) is 0 Å². The Morgan fingerprint density at radius 3 is 2.83 bits per heavy atom. The fraction of sp³-hybridized carbons (Fsp3) is 0.375. The van der Waals surface area contributed by atoms with E-state index in [1.54, 1.807) is 17.5 Å². The van der Waals surface area contributed by atoms with E-state index in [9.17, 15) is 9.90 Å². The second-order valence-corrected chi connectivity index (χ2v) is 3.49. The fourth-order valence-electron chi connectivity index (χ4n) is 0.855. The minimum atomic E-state index is -1.51. The summed E-state index contributed by atoms with van der Waals surface area (Å²) in [5.41, 5.74) is -1.51. The van der Waals surface area contributed by atoms with Crippen molar-refractivity contribution in [2.24, 2.45) is 0 Å². The number of hydrogen-bond acceptors (Lipinski definition) is 4. The first kappa shape index (κ1) is 9.22. The lowest BCUT2D eigenvalue weighted by atomic mass is 10.1. The maximum Gasteiger partial charge on any atom is 0.343 e. The number of hydrogen-bond donors (Lipinski definition) is 1. The summed E-state index contributed by atoms with van der Waals surface area (Å²) in [6.45, 7) is 1.42. The minimum Gasteiger partial charge on any atom is -0.467 e. The predicted molar refractivity (Wildman–Crippen MR) is 45.9 cm³/mol. The molecule has 12 heavy (non-hydrogen) atoms. The van der Waals surface area contributed by atoms with Crippen LogP contribution < -0.4 is 0 Å². The maximum absolute atomic E-state index is 11.1. The topological polar surface area (TPSA) is 46.5 Å². The lowest BCUT2D eigenvalue weighted by Crippen LogP contribution is -2.32. The zero-order valence-electron chi connectivity index (χ0n) is 6.90. The van der Waals surface area contributed by atoms with E-state index in [2.05, 4.69) is 4.74 Å². The van der Waals surface area contributed by atoms with E-state index in [1.807, 2.05) is 0 Å². The smallest absolute Gasteiger partial charge is 0.343 e. The molecule has 3 nitrogen and oxygen atoms in total. The van der Waals surface area contributed by atoms with Crippen molar-refractivity contribution in [3.8, 4) is 0 Å². The van der Waals surface area contributed by atoms with E-state index >= 15 is 0 Å². The second kappa shape index (κ2) is 3.25. The molecule has 0 aliphatic rings. The number of esters is 1. The fourth-order valence-corrected chi connectivity index (χ4v) is 1.63. The van der Waals surface area contributed by atoms with E-state index in [-0.39, 0.29) is 0 Å². The average molecular weight is 186 g/mol. The highest BCUT2D eigenvalue weighted by atomic mass is 32.1. The third-order valence-corrected chi connectivity index (χ3v) is 2.66. The molecule has 0 saturated carbocycles. The summed E-state index contributed by atoms with van der Waals surface area (Å²) in [5, 5.41) is 11.5. The van der Waals surface area contributed by atoms with Gasteiger partial charge < -0.3 is 9.84 Å². The van der Waals surface area contributed by atoms with Gasteiger partial charge in [0.1, 0.15) is 0 Å². The number of aliphatic hydroxyl groups is 1. The number of rotatable bonds is 2. The van der Waals surface area contributed by atoms with Crippen LogP contribution in [0.4, 0.5) is 0 Å². The molecular weight excluding hydrogens is 176 g/mol. The minimum absolute atomic E-state index is 0.592. The molecule has 0 bridgehead atoms. The van der Waals surface area contributed by atoms with Gasteiger partial charge in [0.05, 0.1) is 7.11 Å². The molecule has 1 aromatic heterocycles. The van der Waals surface area contributed by atoms with Crippen LogP contribution in [0, 0.1) is 0 Å². The SMILES string of the molecule is COC(=O)C(C)(O)c1cccs1. The van der Waals surface area contributed by atoms with Crippen molar-refractivity contribution in [3.63, 3.8) is 0 Å². The molecule has 0 spiro atoms. The molecule has 1 unspecified atom stereocenters. The largest absolute Gasteiger partial charge is 0.467 e. The Balaban J connectivity index is 2.93. The van der Waals surface area contributed by atoms with Gasteiger partial charge in [0, 0.05) is 4.88 Å². The first-order valence-electron chi connectivity index (χ1n) is 3.44. The highest BCUT2D eigenvalue weighted by Crippen LogP contribution is 2.25. The normalized spacial score (nSPS) is 15.2. The summed E-state index contributed by atoms with van der Waals surface area (Å²) in [5.74, 6) is -0.634. The van der Waals surface area contributed by atoms with Crippen LogP contribution in [0.15, 0.2) is 17.5 Å². The van der Waals surface area contributed by atoms with Gasteiger partial charge >= 0.3 is 5.97 Å². The second-order valence-electron chi connectivity index (χ2n) is 2.54. The van der Waals surface area contributed by atoms with Crippen LogP contribution >= 0.6 is 11.3 Å². The Hall–Kier alpha value is -0.870. The summed E-state index contributed by atoms with van der Waals surface area (Å²) in [7, 11) is 1.25. The summed E-state index contributed by atoms with van der Waals surface area (Å²) in [6, 6.07) is 3.47. The first-order valence-corrected chi connectivity index (χ1v) is 4.31. The van der Waals surface area contributed by atoms with E-state index in [4.69, 9.17) is 0 Å². The van der Waals surface area contributed by atoms with Crippen molar-refractivity contribution in [2.45, 2.75) is 12.5 Å². The molecule has 0 aromatic carbocycles. The lowest BCUT2D eigenvalue weighted by molar-refractivity contribution is -0.161. The number of thiophene rings is 1. The quantitative estimate of drug-likeness (QED) is 0.704. The van der Waals surface area contributed by atoms with Crippen LogP contribution in [0.25, 0.3) is 0 Å². The Morgan fingerprint density at radius 2 is 2.42 bits per heavy atom. The van der Waals surface area contributed by atoms with Gasteiger partial charge in [-0.15, -0.1) is 11.3 Å². The molecule has 66 valence electrons. The number of carbonyl (C=O) groups excluding carboxylic acids is 1. The van der Waals surface area contributed by atoms with Crippen molar-refractivity contribution < 1.29 is 14.6 Å². The van der Waals surface area contributed by atoms with Gasteiger partial charge in [-0.25, -0.2) is 4.79 Å². The Kier molecular flexibility index (Phi) is 2.49. The van der Waals surface area contributed by atoms with Gasteiger partial charge in [0.15, 0.2) is 5.60 Å². The van der Waals surface area contributed by atoms with Gasteiger partial charge in [-0.2, -0.15) is 0 Å². The molecule has 0 aliphatic carbocycles. The van der Waals surface area contributed by atoms with E-state index in [1.165, 1.54) is 25.4 Å². The van der Waals surface area contributed by atoms with Crippen LogP contribution in [-0.4, -0.2) is 18.2 Å². The molecule has 1 N–H and O–H groups in total. The molecule has 1 atom stereocenters. The van der Waals surface area contributed by atoms with Gasteiger partial charge in [0.25, 0.3) is 0 Å². The Morgan fingerprint density at radius 1 is 1.75 bits per heavy atom. The first-order chi connectivity index (χ1) is 5.59. The third kappa shape index (κ3) is 1.49. The van der Waals surface area contributed by atoms with Crippen LogP contribution in [0.2, 0.25) is 0 Å². The maximum atomic E-state index is 11.1. The van der Waals surface area contributed by atoms with Crippen LogP contribution in [-0.2, 0) is 15.1 Å². The van der Waals surface area contributed by atoms with Gasteiger partial charge in [-0.1, -0.05) is 6.07 Å². The zero-order valence-corrected chi connectivity index (χ0v) is 7.72. The number of ether oxygens (including phenoxy) is 1. The van der Waals surface area contributed by atoms with Crippen LogP contribution in [0.3, 0.4) is 0 Å².